The van der Waals surface area contributed by atoms with Crippen LogP contribution in [0.1, 0.15) is 47.7 Å². The lowest BCUT2D eigenvalue weighted by molar-refractivity contribution is -0.124. The second-order valence-electron chi connectivity index (χ2n) is 8.84. The molecule has 1 aromatic heterocycles. The van der Waals surface area contributed by atoms with Gasteiger partial charge in [0.25, 0.3) is 0 Å². The number of benzene rings is 1. The van der Waals surface area contributed by atoms with Gasteiger partial charge in [-0.3, -0.25) is 9.69 Å². The normalized spacial score (nSPS) is 22.1. The smallest absolute Gasteiger partial charge is 0.318 e. The summed E-state index contributed by atoms with van der Waals surface area (Å²) in [5.74, 6) is 0.00998. The van der Waals surface area contributed by atoms with Crippen molar-refractivity contribution in [1.29, 1.82) is 0 Å². The minimum Gasteiger partial charge on any atom is -0.352 e. The third-order valence-electron chi connectivity index (χ3n) is 6.65. The minimum absolute atomic E-state index is 0.00998. The Labute approximate surface area is 187 Å². The maximum atomic E-state index is 13.1. The SMILES string of the molecule is O=C(NC1CC1)C1CCCN1C(=O)NCC(c1ccccc1)N1CCc2sccc2C1. The molecule has 0 radical (unpaired) electrons. The fourth-order valence-electron chi connectivity index (χ4n) is 4.76. The van der Waals surface area contributed by atoms with Crippen LogP contribution < -0.4 is 10.6 Å². The predicted molar refractivity (Wildman–Crippen MR) is 122 cm³/mol. The summed E-state index contributed by atoms with van der Waals surface area (Å²) in [6.07, 6.45) is 4.81. The molecule has 1 saturated heterocycles. The first-order valence-corrected chi connectivity index (χ1v) is 12.3. The van der Waals surface area contributed by atoms with Crippen molar-refractivity contribution in [2.75, 3.05) is 19.6 Å². The van der Waals surface area contributed by atoms with Crippen LogP contribution in [0, 0.1) is 0 Å². The number of likely N-dealkylation sites (tertiary alicyclic amines) is 1. The summed E-state index contributed by atoms with van der Waals surface area (Å²) < 4.78 is 0. The number of carbonyl (C=O) groups is 2. The number of urea groups is 1. The Morgan fingerprint density at radius 1 is 1.10 bits per heavy atom. The summed E-state index contributed by atoms with van der Waals surface area (Å²) in [4.78, 5) is 31.3. The fourth-order valence-corrected chi connectivity index (χ4v) is 5.65. The molecule has 0 spiro atoms. The van der Waals surface area contributed by atoms with Crippen molar-refractivity contribution in [3.05, 3.63) is 57.8 Å². The third kappa shape index (κ3) is 4.62. The van der Waals surface area contributed by atoms with Crippen LogP contribution in [0.5, 0.6) is 0 Å². The molecule has 1 saturated carbocycles. The van der Waals surface area contributed by atoms with Gasteiger partial charge in [-0.25, -0.2) is 4.79 Å². The van der Waals surface area contributed by atoms with Crippen LogP contribution >= 0.6 is 11.3 Å². The molecular weight excluding hydrogens is 408 g/mol. The van der Waals surface area contributed by atoms with E-state index >= 15 is 0 Å². The molecule has 2 unspecified atom stereocenters. The monoisotopic (exact) mass is 438 g/mol. The summed E-state index contributed by atoms with van der Waals surface area (Å²) in [6, 6.07) is 12.6. The van der Waals surface area contributed by atoms with Crippen LogP contribution in [-0.4, -0.2) is 53.5 Å². The number of carbonyl (C=O) groups excluding carboxylic acids is 2. The second kappa shape index (κ2) is 9.01. The van der Waals surface area contributed by atoms with Gasteiger partial charge in [0.1, 0.15) is 6.04 Å². The van der Waals surface area contributed by atoms with Crippen LogP contribution in [0.25, 0.3) is 0 Å². The number of nitrogens with one attached hydrogen (secondary N) is 2. The van der Waals surface area contributed by atoms with E-state index < -0.39 is 0 Å². The number of thiophene rings is 1. The minimum atomic E-state index is -0.334. The van der Waals surface area contributed by atoms with E-state index in [2.05, 4.69) is 51.2 Å². The van der Waals surface area contributed by atoms with Crippen LogP contribution in [-0.2, 0) is 17.8 Å². The highest BCUT2D eigenvalue weighted by Gasteiger charge is 2.37. The van der Waals surface area contributed by atoms with Crippen LogP contribution in [0.3, 0.4) is 0 Å². The number of rotatable bonds is 6. The first kappa shape index (κ1) is 20.5. The van der Waals surface area contributed by atoms with Gasteiger partial charge >= 0.3 is 6.03 Å². The topological polar surface area (TPSA) is 64.7 Å². The van der Waals surface area contributed by atoms with Crippen molar-refractivity contribution < 1.29 is 9.59 Å². The molecule has 0 bridgehead atoms. The zero-order chi connectivity index (χ0) is 21.2. The lowest BCUT2D eigenvalue weighted by Gasteiger charge is -2.35. The Kier molecular flexibility index (Phi) is 5.96. The first-order chi connectivity index (χ1) is 15.2. The molecule has 2 N–H and O–H groups in total. The van der Waals surface area contributed by atoms with E-state index in [1.807, 2.05) is 17.4 Å². The molecule has 3 amide bonds. The quantitative estimate of drug-likeness (QED) is 0.727. The van der Waals surface area contributed by atoms with Gasteiger partial charge in [-0.05, 0) is 54.7 Å². The average Bonchev–Trinajstić information content (AvgIpc) is 3.27. The molecule has 7 heteroatoms. The molecule has 2 atom stereocenters. The van der Waals surface area contributed by atoms with Crippen molar-refractivity contribution in [2.45, 2.75) is 56.8 Å². The van der Waals surface area contributed by atoms with Gasteiger partial charge in [-0.1, -0.05) is 30.3 Å². The highest BCUT2D eigenvalue weighted by atomic mass is 32.1. The number of amides is 3. The predicted octanol–water partition coefficient (Wildman–Crippen LogP) is 3.30. The molecular formula is C24H30N4O2S. The van der Waals surface area contributed by atoms with Gasteiger partial charge in [0.15, 0.2) is 0 Å². The molecule has 2 aliphatic heterocycles. The molecule has 3 heterocycles. The largest absolute Gasteiger partial charge is 0.352 e. The summed E-state index contributed by atoms with van der Waals surface area (Å²) in [7, 11) is 0. The highest BCUT2D eigenvalue weighted by Crippen LogP contribution is 2.30. The molecule has 1 aromatic carbocycles. The Bertz CT molecular complexity index is 927. The number of fused-ring (bicyclic) bond motifs is 1. The molecule has 3 aliphatic rings. The van der Waals surface area contributed by atoms with Crippen LogP contribution in [0.15, 0.2) is 41.8 Å². The van der Waals surface area contributed by atoms with E-state index in [1.165, 1.54) is 16.0 Å². The lowest BCUT2D eigenvalue weighted by Crippen LogP contribution is -2.51. The molecule has 2 aromatic rings. The maximum Gasteiger partial charge on any atom is 0.318 e. The second-order valence-corrected chi connectivity index (χ2v) is 9.84. The fraction of sp³-hybridized carbons (Fsp3) is 0.500. The zero-order valence-electron chi connectivity index (χ0n) is 17.8. The summed E-state index contributed by atoms with van der Waals surface area (Å²) in [5.41, 5.74) is 2.62. The standard InChI is InChI=1S/C24H30N4O2S/c29-23(26-19-8-9-19)20-7-4-12-28(20)24(30)25-15-21(17-5-2-1-3-6-17)27-13-10-22-18(16-27)11-14-31-22/h1-3,5-6,11,14,19-21H,4,7-10,12-13,15-16H2,(H,25,30)(H,26,29). The van der Waals surface area contributed by atoms with Gasteiger partial charge < -0.3 is 15.5 Å². The summed E-state index contributed by atoms with van der Waals surface area (Å²) in [5, 5.41) is 8.40. The lowest BCUT2D eigenvalue weighted by atomic mass is 10.0. The van der Waals surface area contributed by atoms with Gasteiger partial charge in [-0.2, -0.15) is 0 Å². The van der Waals surface area contributed by atoms with E-state index in [1.54, 1.807) is 4.90 Å². The molecule has 6 nitrogen and oxygen atoms in total. The Balaban J connectivity index is 1.26. The van der Waals surface area contributed by atoms with E-state index in [0.717, 1.165) is 45.2 Å². The molecule has 31 heavy (non-hydrogen) atoms. The highest BCUT2D eigenvalue weighted by molar-refractivity contribution is 7.10. The first-order valence-electron chi connectivity index (χ1n) is 11.4. The van der Waals surface area contributed by atoms with E-state index in [4.69, 9.17) is 0 Å². The van der Waals surface area contributed by atoms with Crippen LogP contribution in [0.2, 0.25) is 0 Å². The van der Waals surface area contributed by atoms with Crippen molar-refractivity contribution in [3.63, 3.8) is 0 Å². The number of nitrogens with zero attached hydrogens (tertiary/aromatic N) is 2. The van der Waals surface area contributed by atoms with Crippen LogP contribution in [0.4, 0.5) is 4.79 Å². The zero-order valence-corrected chi connectivity index (χ0v) is 18.6. The molecule has 1 aliphatic carbocycles. The Morgan fingerprint density at radius 3 is 2.74 bits per heavy atom. The Hall–Kier alpha value is -2.38. The maximum absolute atomic E-state index is 13.1. The number of hydrogen-bond donors (Lipinski definition) is 2. The average molecular weight is 439 g/mol. The van der Waals surface area contributed by atoms with E-state index in [9.17, 15) is 9.59 Å². The Morgan fingerprint density at radius 2 is 1.94 bits per heavy atom. The van der Waals surface area contributed by atoms with Gasteiger partial charge in [0.2, 0.25) is 5.91 Å². The van der Waals surface area contributed by atoms with E-state index in [0.29, 0.717) is 19.1 Å². The summed E-state index contributed by atoms with van der Waals surface area (Å²) in [6.45, 7) is 3.08. The van der Waals surface area contributed by atoms with Crippen molar-refractivity contribution in [2.24, 2.45) is 0 Å². The van der Waals surface area contributed by atoms with Crippen molar-refractivity contribution >= 4 is 23.3 Å². The summed E-state index contributed by atoms with van der Waals surface area (Å²) >= 11 is 1.84. The molecule has 2 fully saturated rings. The van der Waals surface area contributed by atoms with Crippen molar-refractivity contribution in [3.8, 4) is 0 Å². The molecule has 5 rings (SSSR count). The van der Waals surface area contributed by atoms with Gasteiger partial charge in [0.05, 0.1) is 6.04 Å². The van der Waals surface area contributed by atoms with E-state index in [-0.39, 0.29) is 24.0 Å². The third-order valence-corrected chi connectivity index (χ3v) is 7.67. The van der Waals surface area contributed by atoms with Gasteiger partial charge in [-0.15, -0.1) is 11.3 Å². The van der Waals surface area contributed by atoms with Crippen molar-refractivity contribution in [1.82, 2.24) is 20.4 Å². The number of hydrogen-bond acceptors (Lipinski definition) is 4. The van der Waals surface area contributed by atoms with Gasteiger partial charge in [0, 0.05) is 37.1 Å². The molecule has 164 valence electrons.